The van der Waals surface area contributed by atoms with Gasteiger partial charge in [-0.3, -0.25) is 4.79 Å². The average Bonchev–Trinajstić information content (AvgIpc) is 3.23. The van der Waals surface area contributed by atoms with Crippen LogP contribution in [0.25, 0.3) is 16.3 Å². The van der Waals surface area contributed by atoms with Gasteiger partial charge in [-0.05, 0) is 31.5 Å². The summed E-state index contributed by atoms with van der Waals surface area (Å²) in [6.45, 7) is 4.60. The highest BCUT2D eigenvalue weighted by Gasteiger charge is 2.13. The minimum atomic E-state index is -0.0515. The van der Waals surface area contributed by atoms with Crippen molar-refractivity contribution in [3.05, 3.63) is 76.3 Å². The number of carbonyl (C=O) groups excluding carboxylic acids is 1. The molecule has 1 amide bonds. The third-order valence-corrected chi connectivity index (χ3v) is 5.35. The van der Waals surface area contributed by atoms with Crippen molar-refractivity contribution >= 4 is 22.2 Å². The maximum absolute atomic E-state index is 12.3. The zero-order chi connectivity index (χ0) is 18.8. The summed E-state index contributed by atoms with van der Waals surface area (Å²) in [7, 11) is 0. The number of hydrogen-bond acceptors (Lipinski definition) is 4. The SMILES string of the molecule is Cc1cccc(C(=O)NCCc2csc3nc(-c4ccccc4C)nn23)c1. The van der Waals surface area contributed by atoms with Crippen molar-refractivity contribution < 1.29 is 4.79 Å². The van der Waals surface area contributed by atoms with Gasteiger partial charge < -0.3 is 5.32 Å². The first-order valence-corrected chi connectivity index (χ1v) is 9.74. The molecule has 136 valence electrons. The number of nitrogens with one attached hydrogen (secondary N) is 1. The predicted molar refractivity (Wildman–Crippen MR) is 108 cm³/mol. The molecule has 0 unspecified atom stereocenters. The molecule has 0 aliphatic carbocycles. The molecule has 0 fully saturated rings. The molecule has 0 bridgehead atoms. The second-order valence-electron chi connectivity index (χ2n) is 6.55. The van der Waals surface area contributed by atoms with Gasteiger partial charge in [-0.2, -0.15) is 4.98 Å². The fourth-order valence-electron chi connectivity index (χ4n) is 3.03. The third kappa shape index (κ3) is 3.61. The molecule has 0 aliphatic rings. The number of amides is 1. The summed E-state index contributed by atoms with van der Waals surface area (Å²) < 4.78 is 1.88. The number of aryl methyl sites for hydroxylation is 2. The summed E-state index contributed by atoms with van der Waals surface area (Å²) in [4.78, 5) is 17.8. The molecule has 5 nitrogen and oxygen atoms in total. The van der Waals surface area contributed by atoms with E-state index in [1.807, 2.05) is 53.9 Å². The average molecular weight is 376 g/mol. The topological polar surface area (TPSA) is 59.3 Å². The first kappa shape index (κ1) is 17.4. The van der Waals surface area contributed by atoms with E-state index in [0.717, 1.165) is 33.2 Å². The van der Waals surface area contributed by atoms with Gasteiger partial charge in [0.05, 0.1) is 5.69 Å². The zero-order valence-corrected chi connectivity index (χ0v) is 16.1. The van der Waals surface area contributed by atoms with Gasteiger partial charge in [0, 0.05) is 29.5 Å². The van der Waals surface area contributed by atoms with Crippen LogP contribution in [0.4, 0.5) is 0 Å². The number of hydrogen-bond donors (Lipinski definition) is 1. The maximum atomic E-state index is 12.3. The van der Waals surface area contributed by atoms with Gasteiger partial charge >= 0.3 is 0 Å². The minimum absolute atomic E-state index is 0.0515. The first-order valence-electron chi connectivity index (χ1n) is 8.86. The fraction of sp³-hybridized carbons (Fsp3) is 0.190. The van der Waals surface area contributed by atoms with E-state index in [9.17, 15) is 4.79 Å². The van der Waals surface area contributed by atoms with Gasteiger partial charge in [0.1, 0.15) is 0 Å². The van der Waals surface area contributed by atoms with Crippen LogP contribution in [-0.2, 0) is 6.42 Å². The van der Waals surface area contributed by atoms with Crippen LogP contribution in [0.3, 0.4) is 0 Å². The molecule has 4 rings (SSSR count). The molecule has 0 spiro atoms. The van der Waals surface area contributed by atoms with Gasteiger partial charge in [-0.25, -0.2) is 4.52 Å². The third-order valence-electron chi connectivity index (χ3n) is 4.48. The number of fused-ring (bicyclic) bond motifs is 1. The lowest BCUT2D eigenvalue weighted by atomic mass is 10.1. The Labute approximate surface area is 161 Å². The quantitative estimate of drug-likeness (QED) is 0.572. The second-order valence-corrected chi connectivity index (χ2v) is 7.38. The molecule has 27 heavy (non-hydrogen) atoms. The molecule has 2 aromatic carbocycles. The molecule has 1 N–H and O–H groups in total. The summed E-state index contributed by atoms with van der Waals surface area (Å²) in [5.41, 5.74) is 5.02. The van der Waals surface area contributed by atoms with Crippen molar-refractivity contribution in [3.8, 4) is 11.4 Å². The van der Waals surface area contributed by atoms with Crippen molar-refractivity contribution in [3.63, 3.8) is 0 Å². The molecular formula is C21H20N4OS. The van der Waals surface area contributed by atoms with Crippen LogP contribution >= 0.6 is 11.3 Å². The molecule has 0 aliphatic heterocycles. The number of carbonyl (C=O) groups is 1. The summed E-state index contributed by atoms with van der Waals surface area (Å²) in [6.07, 6.45) is 0.703. The van der Waals surface area contributed by atoms with E-state index in [2.05, 4.69) is 33.8 Å². The summed E-state index contributed by atoms with van der Waals surface area (Å²) in [6, 6.07) is 15.7. The van der Waals surface area contributed by atoms with Crippen LogP contribution in [-0.4, -0.2) is 27.0 Å². The van der Waals surface area contributed by atoms with Crippen LogP contribution < -0.4 is 5.32 Å². The monoisotopic (exact) mass is 376 g/mol. The van der Waals surface area contributed by atoms with Crippen LogP contribution in [0.5, 0.6) is 0 Å². The number of thiazole rings is 1. The molecule has 2 aromatic heterocycles. The molecule has 6 heteroatoms. The molecule has 0 saturated carbocycles. The maximum Gasteiger partial charge on any atom is 0.251 e. The molecule has 0 atom stereocenters. The summed E-state index contributed by atoms with van der Waals surface area (Å²) >= 11 is 1.57. The number of aromatic nitrogens is 3. The molecule has 0 saturated heterocycles. The fourth-order valence-corrected chi connectivity index (χ4v) is 3.88. The van der Waals surface area contributed by atoms with Crippen molar-refractivity contribution in [2.75, 3.05) is 6.54 Å². The van der Waals surface area contributed by atoms with E-state index in [1.54, 1.807) is 11.3 Å². The molecular weight excluding hydrogens is 356 g/mol. The lowest BCUT2D eigenvalue weighted by Gasteiger charge is -2.05. The van der Waals surface area contributed by atoms with Gasteiger partial charge in [0.25, 0.3) is 5.91 Å². The Morgan fingerprint density at radius 2 is 2.00 bits per heavy atom. The van der Waals surface area contributed by atoms with Gasteiger partial charge in [0.15, 0.2) is 5.82 Å². The Morgan fingerprint density at radius 1 is 1.15 bits per heavy atom. The highest BCUT2D eigenvalue weighted by molar-refractivity contribution is 7.15. The predicted octanol–water partition coefficient (Wildman–Crippen LogP) is 4.05. The highest BCUT2D eigenvalue weighted by atomic mass is 32.1. The van der Waals surface area contributed by atoms with Crippen LogP contribution in [0, 0.1) is 13.8 Å². The largest absolute Gasteiger partial charge is 0.352 e. The zero-order valence-electron chi connectivity index (χ0n) is 15.3. The van der Waals surface area contributed by atoms with Gasteiger partial charge in [-0.1, -0.05) is 42.0 Å². The molecule has 4 aromatic rings. The van der Waals surface area contributed by atoms with Crippen LogP contribution in [0.1, 0.15) is 27.2 Å². The van der Waals surface area contributed by atoms with Crippen molar-refractivity contribution in [2.24, 2.45) is 0 Å². The Morgan fingerprint density at radius 3 is 2.81 bits per heavy atom. The Bertz CT molecular complexity index is 1110. The minimum Gasteiger partial charge on any atom is -0.352 e. The highest BCUT2D eigenvalue weighted by Crippen LogP contribution is 2.23. The second kappa shape index (κ2) is 7.32. The van der Waals surface area contributed by atoms with Crippen molar-refractivity contribution in [1.82, 2.24) is 19.9 Å². The number of benzene rings is 2. The van der Waals surface area contributed by atoms with Gasteiger partial charge in [-0.15, -0.1) is 16.4 Å². The molecule has 2 heterocycles. The van der Waals surface area contributed by atoms with E-state index in [0.29, 0.717) is 18.5 Å². The standard InChI is InChI=1S/C21H20N4OS/c1-14-6-5-8-16(12-14)20(26)22-11-10-17-13-27-21-23-19(24-25(17)21)18-9-4-3-7-15(18)2/h3-9,12-13H,10-11H2,1-2H3,(H,22,26). The summed E-state index contributed by atoms with van der Waals surface area (Å²) in [5.74, 6) is 0.689. The van der Waals surface area contributed by atoms with Crippen molar-refractivity contribution in [1.29, 1.82) is 0 Å². The smallest absolute Gasteiger partial charge is 0.251 e. The Hall–Kier alpha value is -2.99. The van der Waals surface area contributed by atoms with E-state index in [4.69, 9.17) is 0 Å². The van der Waals surface area contributed by atoms with E-state index in [1.165, 1.54) is 0 Å². The summed E-state index contributed by atoms with van der Waals surface area (Å²) in [5, 5.41) is 9.71. The van der Waals surface area contributed by atoms with Crippen LogP contribution in [0.15, 0.2) is 53.9 Å². The normalized spacial score (nSPS) is 11.0. The number of rotatable bonds is 5. The first-order chi connectivity index (χ1) is 13.1. The van der Waals surface area contributed by atoms with E-state index < -0.39 is 0 Å². The van der Waals surface area contributed by atoms with Crippen molar-refractivity contribution in [2.45, 2.75) is 20.3 Å². The lowest BCUT2D eigenvalue weighted by molar-refractivity contribution is 0.0954. The molecule has 0 radical (unpaired) electrons. The van der Waals surface area contributed by atoms with Gasteiger partial charge in [0.2, 0.25) is 4.96 Å². The number of nitrogens with zero attached hydrogens (tertiary/aromatic N) is 3. The Balaban J connectivity index is 1.47. The van der Waals surface area contributed by atoms with E-state index >= 15 is 0 Å². The lowest BCUT2D eigenvalue weighted by Crippen LogP contribution is -2.26. The Kier molecular flexibility index (Phi) is 4.73. The van der Waals surface area contributed by atoms with E-state index in [-0.39, 0.29) is 5.91 Å². The van der Waals surface area contributed by atoms with Crippen LogP contribution in [0.2, 0.25) is 0 Å².